The van der Waals surface area contributed by atoms with Crippen LogP contribution in [0.25, 0.3) is 20.7 Å². The summed E-state index contributed by atoms with van der Waals surface area (Å²) in [5.74, 6) is 1.53. The lowest BCUT2D eigenvalue weighted by Crippen LogP contribution is -2.46. The first kappa shape index (κ1) is 19.2. The van der Waals surface area contributed by atoms with Gasteiger partial charge in [-0.25, -0.2) is 9.97 Å². The SMILES string of the molecule is COc1ccc(-c2cc3nc(CN4CCN(c5nccs5)CC4)[nH]c(=O)c3s2)cc1. The third-order valence-electron chi connectivity index (χ3n) is 5.24. The highest BCUT2D eigenvalue weighted by molar-refractivity contribution is 7.22. The van der Waals surface area contributed by atoms with Gasteiger partial charge in [0.2, 0.25) is 0 Å². The van der Waals surface area contributed by atoms with E-state index in [4.69, 9.17) is 9.72 Å². The summed E-state index contributed by atoms with van der Waals surface area (Å²) in [6.45, 7) is 4.34. The molecule has 1 saturated heterocycles. The van der Waals surface area contributed by atoms with Crippen LogP contribution in [0.2, 0.25) is 0 Å². The van der Waals surface area contributed by atoms with Gasteiger partial charge in [0.05, 0.1) is 19.2 Å². The van der Waals surface area contributed by atoms with Gasteiger partial charge < -0.3 is 14.6 Å². The molecule has 154 valence electrons. The molecule has 0 unspecified atom stereocenters. The number of methoxy groups -OCH3 is 1. The maximum Gasteiger partial charge on any atom is 0.268 e. The van der Waals surface area contributed by atoms with Crippen molar-refractivity contribution in [2.24, 2.45) is 0 Å². The Morgan fingerprint density at radius 2 is 1.97 bits per heavy atom. The number of nitrogens with one attached hydrogen (secondary N) is 1. The first-order chi connectivity index (χ1) is 14.7. The van der Waals surface area contributed by atoms with Crippen LogP contribution in [0.15, 0.2) is 46.7 Å². The summed E-state index contributed by atoms with van der Waals surface area (Å²) in [6, 6.07) is 9.85. The second-order valence-corrected chi connectivity index (χ2v) is 9.07. The molecule has 1 aromatic carbocycles. The lowest BCUT2D eigenvalue weighted by molar-refractivity contribution is 0.244. The number of hydrogen-bond acceptors (Lipinski definition) is 8. The molecule has 7 nitrogen and oxygen atoms in total. The van der Waals surface area contributed by atoms with Crippen LogP contribution < -0.4 is 15.2 Å². The van der Waals surface area contributed by atoms with Gasteiger partial charge in [0.15, 0.2) is 5.13 Å². The van der Waals surface area contributed by atoms with Crippen molar-refractivity contribution in [1.29, 1.82) is 0 Å². The number of aromatic amines is 1. The molecule has 0 saturated carbocycles. The zero-order chi connectivity index (χ0) is 20.5. The van der Waals surface area contributed by atoms with Crippen molar-refractivity contribution < 1.29 is 4.74 Å². The minimum Gasteiger partial charge on any atom is -0.497 e. The molecule has 4 aromatic rings. The molecule has 1 aliphatic rings. The number of thiazole rings is 1. The summed E-state index contributed by atoms with van der Waals surface area (Å²) in [6.07, 6.45) is 1.84. The number of H-pyrrole nitrogens is 1. The monoisotopic (exact) mass is 439 g/mol. The molecule has 1 aliphatic heterocycles. The highest BCUT2D eigenvalue weighted by Gasteiger charge is 2.20. The topological polar surface area (TPSA) is 74.3 Å². The van der Waals surface area contributed by atoms with Crippen molar-refractivity contribution >= 4 is 38.0 Å². The minimum absolute atomic E-state index is 0.0683. The third-order valence-corrected chi connectivity index (χ3v) is 7.25. The average molecular weight is 440 g/mol. The first-order valence-electron chi connectivity index (χ1n) is 9.73. The van der Waals surface area contributed by atoms with Gasteiger partial charge in [-0.2, -0.15) is 0 Å². The number of piperazine rings is 1. The Hall–Kier alpha value is -2.75. The lowest BCUT2D eigenvalue weighted by atomic mass is 10.2. The van der Waals surface area contributed by atoms with E-state index in [1.54, 1.807) is 18.4 Å². The van der Waals surface area contributed by atoms with E-state index in [1.165, 1.54) is 11.3 Å². The van der Waals surface area contributed by atoms with Crippen molar-refractivity contribution in [1.82, 2.24) is 19.9 Å². The van der Waals surface area contributed by atoms with E-state index >= 15 is 0 Å². The summed E-state index contributed by atoms with van der Waals surface area (Å²) < 4.78 is 5.89. The van der Waals surface area contributed by atoms with E-state index in [1.807, 2.05) is 41.9 Å². The predicted molar refractivity (Wildman–Crippen MR) is 122 cm³/mol. The number of fused-ring (bicyclic) bond motifs is 1. The molecule has 0 spiro atoms. The molecule has 1 fully saturated rings. The van der Waals surface area contributed by atoms with Gasteiger partial charge in [-0.15, -0.1) is 22.7 Å². The van der Waals surface area contributed by atoms with Crippen molar-refractivity contribution in [3.05, 3.63) is 58.1 Å². The van der Waals surface area contributed by atoms with Crippen LogP contribution in [0.4, 0.5) is 5.13 Å². The smallest absolute Gasteiger partial charge is 0.268 e. The molecule has 3 aromatic heterocycles. The molecule has 0 bridgehead atoms. The lowest BCUT2D eigenvalue weighted by Gasteiger charge is -2.34. The highest BCUT2D eigenvalue weighted by Crippen LogP contribution is 2.32. The molecule has 30 heavy (non-hydrogen) atoms. The largest absolute Gasteiger partial charge is 0.497 e. The van der Waals surface area contributed by atoms with E-state index in [0.717, 1.165) is 53.0 Å². The summed E-state index contributed by atoms with van der Waals surface area (Å²) >= 11 is 3.14. The van der Waals surface area contributed by atoms with Crippen LogP contribution in [0.5, 0.6) is 5.75 Å². The second-order valence-electron chi connectivity index (χ2n) is 7.14. The van der Waals surface area contributed by atoms with E-state index in [-0.39, 0.29) is 5.56 Å². The average Bonchev–Trinajstić information content (AvgIpc) is 3.45. The molecule has 1 N–H and O–H groups in total. The Balaban J connectivity index is 1.32. The standard InChI is InChI=1S/C21H21N5O2S2/c1-28-15-4-2-14(3-5-15)17-12-16-19(30-17)20(27)24-18(23-16)13-25-7-9-26(10-8-25)21-22-6-11-29-21/h2-6,11-12H,7-10,13H2,1H3,(H,23,24,27). The summed E-state index contributed by atoms with van der Waals surface area (Å²) in [7, 11) is 1.65. The Morgan fingerprint density at radius 3 is 2.67 bits per heavy atom. The number of ether oxygens (including phenoxy) is 1. The van der Waals surface area contributed by atoms with Crippen molar-refractivity contribution in [2.75, 3.05) is 38.2 Å². The number of nitrogens with zero attached hydrogens (tertiary/aromatic N) is 4. The van der Waals surface area contributed by atoms with Crippen LogP contribution in [0.1, 0.15) is 5.82 Å². The highest BCUT2D eigenvalue weighted by atomic mass is 32.1. The van der Waals surface area contributed by atoms with Crippen molar-refractivity contribution in [3.63, 3.8) is 0 Å². The Labute approximate surface area is 181 Å². The number of hydrogen-bond donors (Lipinski definition) is 1. The molecule has 0 amide bonds. The van der Waals surface area contributed by atoms with Crippen LogP contribution in [0, 0.1) is 0 Å². The van der Waals surface area contributed by atoms with Gasteiger partial charge in [-0.1, -0.05) is 0 Å². The van der Waals surface area contributed by atoms with Crippen molar-refractivity contribution in [2.45, 2.75) is 6.54 Å². The maximum absolute atomic E-state index is 12.7. The van der Waals surface area contributed by atoms with Gasteiger partial charge in [-0.05, 0) is 35.9 Å². The van der Waals surface area contributed by atoms with E-state index < -0.39 is 0 Å². The fourth-order valence-electron chi connectivity index (χ4n) is 3.64. The van der Waals surface area contributed by atoms with Gasteiger partial charge in [0, 0.05) is 42.6 Å². The summed E-state index contributed by atoms with van der Waals surface area (Å²) in [4.78, 5) is 30.4. The molecular formula is C21H21N5O2S2. The van der Waals surface area contributed by atoms with Crippen molar-refractivity contribution in [3.8, 4) is 16.2 Å². The van der Waals surface area contributed by atoms with Crippen LogP contribution in [-0.2, 0) is 6.54 Å². The van der Waals surface area contributed by atoms with E-state index in [2.05, 4.69) is 19.8 Å². The summed E-state index contributed by atoms with van der Waals surface area (Å²) in [5.41, 5.74) is 1.74. The Morgan fingerprint density at radius 1 is 1.17 bits per heavy atom. The molecule has 0 radical (unpaired) electrons. The first-order valence-corrected chi connectivity index (χ1v) is 11.4. The molecule has 4 heterocycles. The number of anilines is 1. The fourth-order valence-corrected chi connectivity index (χ4v) is 5.34. The van der Waals surface area contributed by atoms with Gasteiger partial charge in [0.25, 0.3) is 5.56 Å². The number of benzene rings is 1. The maximum atomic E-state index is 12.7. The normalized spacial score (nSPS) is 15.0. The number of rotatable bonds is 5. The Bertz CT molecular complexity index is 1190. The number of aromatic nitrogens is 3. The zero-order valence-corrected chi connectivity index (χ0v) is 18.1. The van der Waals surface area contributed by atoms with Crippen LogP contribution in [0.3, 0.4) is 0 Å². The molecular weight excluding hydrogens is 418 g/mol. The van der Waals surface area contributed by atoms with Gasteiger partial charge in [-0.3, -0.25) is 9.69 Å². The van der Waals surface area contributed by atoms with Gasteiger partial charge in [0.1, 0.15) is 16.3 Å². The molecule has 5 rings (SSSR count). The molecule has 0 atom stereocenters. The zero-order valence-electron chi connectivity index (χ0n) is 16.5. The second kappa shape index (κ2) is 8.17. The Kier molecular flexibility index (Phi) is 5.24. The van der Waals surface area contributed by atoms with E-state index in [0.29, 0.717) is 17.1 Å². The number of thiophene rings is 1. The van der Waals surface area contributed by atoms with Gasteiger partial charge >= 0.3 is 0 Å². The van der Waals surface area contributed by atoms with E-state index in [9.17, 15) is 4.79 Å². The fraction of sp³-hybridized carbons (Fsp3) is 0.286. The van der Waals surface area contributed by atoms with Crippen LogP contribution >= 0.6 is 22.7 Å². The predicted octanol–water partition coefficient (Wildman–Crippen LogP) is 3.44. The third kappa shape index (κ3) is 3.83. The minimum atomic E-state index is -0.0683. The quantitative estimate of drug-likeness (QED) is 0.514. The molecule has 0 aliphatic carbocycles. The van der Waals surface area contributed by atoms with Crippen LogP contribution in [-0.4, -0.2) is 53.1 Å². The summed E-state index contributed by atoms with van der Waals surface area (Å²) in [5, 5.41) is 3.08. The molecule has 9 heteroatoms.